The van der Waals surface area contributed by atoms with Gasteiger partial charge >= 0.3 is 38.0 Å². The van der Waals surface area contributed by atoms with Crippen molar-refractivity contribution >= 4 is 8.41 Å². The van der Waals surface area contributed by atoms with Crippen molar-refractivity contribution in [1.82, 2.24) is 0 Å². The van der Waals surface area contributed by atoms with Crippen LogP contribution in [0.25, 0.3) is 0 Å². The summed E-state index contributed by atoms with van der Waals surface area (Å²) in [6, 6.07) is 0. The van der Waals surface area contributed by atoms with Gasteiger partial charge in [0.1, 0.15) is 0 Å². The van der Waals surface area contributed by atoms with E-state index in [2.05, 4.69) is 0 Å². The van der Waals surface area contributed by atoms with E-state index in [1.165, 1.54) is 0 Å². The predicted octanol–water partition coefficient (Wildman–Crippen LogP) is -2.93. The molecular weight excluding hydrogens is 73.8 g/mol. The normalized spacial score (nSPS) is 3.60. The summed E-state index contributed by atoms with van der Waals surface area (Å²) in [5.41, 5.74) is 0. The Morgan fingerprint density at radius 2 is 1.80 bits per heavy atom. The average Bonchev–Trinajstić information content (AvgIpc) is 0.918. The van der Waals surface area contributed by atoms with Crippen LogP contribution in [0.3, 0.4) is 0 Å². The van der Waals surface area contributed by atoms with Gasteiger partial charge < -0.3 is 10.8 Å². The summed E-state index contributed by atoms with van der Waals surface area (Å²) >= 11 is 0. The van der Waals surface area contributed by atoms with E-state index in [1.54, 1.807) is 6.92 Å². The van der Waals surface area contributed by atoms with Gasteiger partial charge in [0.05, 0.1) is 0 Å². The largest absolute Gasteiger partial charge is 3.00 e. The van der Waals surface area contributed by atoms with E-state index in [0.717, 1.165) is 0 Å². The molecule has 0 aliphatic rings. The maximum absolute atomic E-state index is 7.57. The van der Waals surface area contributed by atoms with Crippen LogP contribution < -0.4 is 29.6 Å². The molecule has 0 aliphatic heterocycles. The minimum atomic E-state index is 0. The summed E-state index contributed by atoms with van der Waals surface area (Å²) in [7, 11) is 0. The van der Waals surface area contributed by atoms with Gasteiger partial charge in [-0.2, -0.15) is 0 Å². The molecule has 0 bridgehead atoms. The molecule has 1 nitrogen and oxygen atoms in total. The Hall–Kier alpha value is 1.02. The first kappa shape index (κ1) is 16.6. The first-order valence-electron chi connectivity index (χ1n) is 1.02. The Kier molecular flexibility index (Phi) is 66.0. The first-order valence-corrected chi connectivity index (χ1v) is 1.02. The van der Waals surface area contributed by atoms with Crippen LogP contribution in [0.15, 0.2) is 0 Å². The second kappa shape index (κ2) is 19.9. The third-order valence-corrected chi connectivity index (χ3v) is 0. The van der Waals surface area contributed by atoms with E-state index < -0.39 is 0 Å². The number of rotatable bonds is 0. The third kappa shape index (κ3) is 43.8. The van der Waals surface area contributed by atoms with Crippen LogP contribution in [0, 0.1) is 0 Å². The van der Waals surface area contributed by atoms with E-state index in [0.29, 0.717) is 0 Å². The van der Waals surface area contributed by atoms with Crippen molar-refractivity contribution in [3.63, 3.8) is 0 Å². The monoisotopic (exact) mass is 84.1 g/mol. The summed E-state index contributed by atoms with van der Waals surface area (Å²) < 4.78 is 0. The molecule has 3 heteroatoms. The standard InChI is InChI=1S/C2H6O.B.Na.4H/c1-2-3;;;;;;/h3H,2H2,1H3;;;;;;/q;+3;+1;4*-1. The Bertz CT molecular complexity index is 18.5. The van der Waals surface area contributed by atoms with Crippen molar-refractivity contribution in [1.29, 1.82) is 0 Å². The van der Waals surface area contributed by atoms with Crippen LogP contribution >= 0.6 is 0 Å². The average molecular weight is 83.9 g/mol. The van der Waals surface area contributed by atoms with E-state index >= 15 is 0 Å². The molecule has 5 heavy (non-hydrogen) atoms. The molecule has 0 fully saturated rings. The number of aliphatic hydroxyl groups is 1. The van der Waals surface area contributed by atoms with Gasteiger partial charge in [-0.1, -0.05) is 0 Å². The Balaban J connectivity index is -0.00000000133. The van der Waals surface area contributed by atoms with Crippen LogP contribution in [0.4, 0.5) is 0 Å². The molecule has 0 spiro atoms. The molecule has 0 aromatic carbocycles. The van der Waals surface area contributed by atoms with Gasteiger partial charge in [0.2, 0.25) is 0 Å². The maximum Gasteiger partial charge on any atom is 3.00 e. The minimum Gasteiger partial charge on any atom is -1.00 e. The molecule has 0 heterocycles. The molecule has 0 amide bonds. The number of aliphatic hydroxyl groups excluding tert-OH is 1. The second-order valence-corrected chi connectivity index (χ2v) is 0.316. The predicted molar refractivity (Wildman–Crippen MR) is 23.0 cm³/mol. The zero-order valence-corrected chi connectivity index (χ0v) is 5.73. The van der Waals surface area contributed by atoms with E-state index in [9.17, 15) is 0 Å². The van der Waals surface area contributed by atoms with Gasteiger partial charge in [0, 0.05) is 6.61 Å². The van der Waals surface area contributed by atoms with Gasteiger partial charge in [-0.15, -0.1) is 0 Å². The molecule has 0 unspecified atom stereocenters. The molecule has 0 aromatic heterocycles. The van der Waals surface area contributed by atoms with Crippen LogP contribution in [-0.2, 0) is 0 Å². The van der Waals surface area contributed by atoms with Gasteiger partial charge in [-0.3, -0.25) is 0 Å². The van der Waals surface area contributed by atoms with Crippen molar-refractivity contribution in [2.75, 3.05) is 6.61 Å². The van der Waals surface area contributed by atoms with Crippen molar-refractivity contribution in [2.45, 2.75) is 6.92 Å². The zero-order valence-electron chi connectivity index (χ0n) is 7.73. The maximum atomic E-state index is 7.57. The fraction of sp³-hybridized carbons (Fsp3) is 1.00. The molecule has 0 atom stereocenters. The SMILES string of the molecule is CCO.[B+3].[H-].[H-].[H-].[H-].[Na+]. The molecule has 0 radical (unpaired) electrons. The molecule has 28 valence electrons. The van der Waals surface area contributed by atoms with E-state index in [1.807, 2.05) is 0 Å². The Labute approximate surface area is 62.6 Å². The summed E-state index contributed by atoms with van der Waals surface area (Å²) in [6.45, 7) is 1.93. The van der Waals surface area contributed by atoms with Crippen molar-refractivity contribution in [3.8, 4) is 0 Å². The Morgan fingerprint density at radius 1 is 1.80 bits per heavy atom. The topological polar surface area (TPSA) is 20.2 Å². The van der Waals surface area contributed by atoms with Gasteiger partial charge in [-0.25, -0.2) is 0 Å². The molecule has 0 saturated carbocycles. The molecule has 1 N–H and O–H groups in total. The fourth-order valence-electron chi connectivity index (χ4n) is 0. The number of hydrogen-bond acceptors (Lipinski definition) is 1. The van der Waals surface area contributed by atoms with Gasteiger partial charge in [0.25, 0.3) is 0 Å². The quantitative estimate of drug-likeness (QED) is 0.311. The smallest absolute Gasteiger partial charge is 1.00 e. The molecular formula is C2H10BNaO. The van der Waals surface area contributed by atoms with Crippen LogP contribution in [-0.4, -0.2) is 20.1 Å². The fourth-order valence-corrected chi connectivity index (χ4v) is 0. The Morgan fingerprint density at radius 3 is 1.80 bits per heavy atom. The van der Waals surface area contributed by atoms with E-state index in [-0.39, 0.29) is 50.3 Å². The van der Waals surface area contributed by atoms with Crippen molar-refractivity contribution in [3.05, 3.63) is 0 Å². The summed E-state index contributed by atoms with van der Waals surface area (Å²) in [6.07, 6.45) is 0. The van der Waals surface area contributed by atoms with Crippen LogP contribution in [0.1, 0.15) is 12.6 Å². The second-order valence-electron chi connectivity index (χ2n) is 0.316. The van der Waals surface area contributed by atoms with Crippen molar-refractivity contribution < 1.29 is 40.4 Å². The molecule has 0 saturated heterocycles. The van der Waals surface area contributed by atoms with Gasteiger partial charge in [0.15, 0.2) is 0 Å². The minimum absolute atomic E-state index is 0. The summed E-state index contributed by atoms with van der Waals surface area (Å²) in [5.74, 6) is 0. The molecule has 0 aliphatic carbocycles. The zero-order chi connectivity index (χ0) is 2.71. The summed E-state index contributed by atoms with van der Waals surface area (Å²) in [4.78, 5) is 0. The third-order valence-electron chi connectivity index (χ3n) is 0. The van der Waals surface area contributed by atoms with Gasteiger partial charge in [-0.05, 0) is 6.92 Å². The van der Waals surface area contributed by atoms with Crippen LogP contribution in [0.2, 0.25) is 0 Å². The number of hydrogen-bond donors (Lipinski definition) is 1. The van der Waals surface area contributed by atoms with Crippen molar-refractivity contribution in [2.24, 2.45) is 0 Å². The molecule has 0 rings (SSSR count). The summed E-state index contributed by atoms with van der Waals surface area (Å²) in [5, 5.41) is 7.57. The van der Waals surface area contributed by atoms with E-state index in [4.69, 9.17) is 5.11 Å². The molecule has 0 aromatic rings. The first-order chi connectivity index (χ1) is 1.41. The van der Waals surface area contributed by atoms with Crippen LogP contribution in [0.5, 0.6) is 0 Å².